The number of hydrogen-bond donors (Lipinski definition) is 1. The summed E-state index contributed by atoms with van der Waals surface area (Å²) >= 11 is 0. The number of carbonyl (C=O) groups is 3. The average Bonchev–Trinajstić information content (AvgIpc) is 3.15. The summed E-state index contributed by atoms with van der Waals surface area (Å²) in [5, 5.41) is 9.19. The van der Waals surface area contributed by atoms with Crippen LogP contribution in [0.5, 0.6) is 0 Å². The standard InChI is InChI=1S/C17H27N3O4/c21-15(19-9-4-6-14(12-19)16(22)23)13-5-3-10-20(11-13)17(24)18-7-1-2-8-18/h13-14H,1-12H2,(H,22,23)/t13?,14-/m0/s1. The Bertz CT molecular complexity index is 504. The third kappa shape index (κ3) is 3.65. The Morgan fingerprint density at radius 3 is 1.92 bits per heavy atom. The van der Waals surface area contributed by atoms with Gasteiger partial charge in [0, 0.05) is 39.3 Å². The van der Waals surface area contributed by atoms with Gasteiger partial charge in [-0.3, -0.25) is 9.59 Å². The highest BCUT2D eigenvalue weighted by atomic mass is 16.4. The molecule has 0 aromatic carbocycles. The molecule has 0 saturated carbocycles. The summed E-state index contributed by atoms with van der Waals surface area (Å²) in [6.45, 7) is 3.78. The first-order valence-corrected chi connectivity index (χ1v) is 9.11. The fourth-order valence-electron chi connectivity index (χ4n) is 4.10. The monoisotopic (exact) mass is 337 g/mol. The number of amides is 3. The van der Waals surface area contributed by atoms with Gasteiger partial charge in [-0.1, -0.05) is 0 Å². The normalized spacial score (nSPS) is 28.1. The van der Waals surface area contributed by atoms with Gasteiger partial charge in [-0.15, -0.1) is 0 Å². The largest absolute Gasteiger partial charge is 0.481 e. The first-order chi connectivity index (χ1) is 11.6. The molecule has 0 radical (unpaired) electrons. The fourth-order valence-corrected chi connectivity index (χ4v) is 4.10. The SMILES string of the molecule is O=C(O)[C@H]1CCCN(C(=O)C2CCCN(C(=O)N3CCCC3)C2)C1. The molecule has 0 bridgehead atoms. The summed E-state index contributed by atoms with van der Waals surface area (Å²) in [5.41, 5.74) is 0. The zero-order chi connectivity index (χ0) is 17.1. The highest BCUT2D eigenvalue weighted by Crippen LogP contribution is 2.24. The van der Waals surface area contributed by atoms with Gasteiger partial charge in [-0.25, -0.2) is 4.79 Å². The topological polar surface area (TPSA) is 81.2 Å². The molecule has 1 N–H and O–H groups in total. The van der Waals surface area contributed by atoms with Crippen LogP contribution in [-0.4, -0.2) is 77.0 Å². The number of hydrogen-bond acceptors (Lipinski definition) is 3. The van der Waals surface area contributed by atoms with Crippen LogP contribution >= 0.6 is 0 Å². The molecule has 3 heterocycles. The van der Waals surface area contributed by atoms with Gasteiger partial charge in [0.2, 0.25) is 5.91 Å². The van der Waals surface area contributed by atoms with E-state index in [-0.39, 0.29) is 17.9 Å². The van der Waals surface area contributed by atoms with Crippen LogP contribution in [0, 0.1) is 11.8 Å². The van der Waals surface area contributed by atoms with Crippen LogP contribution in [0.1, 0.15) is 38.5 Å². The van der Waals surface area contributed by atoms with E-state index in [9.17, 15) is 19.5 Å². The van der Waals surface area contributed by atoms with Gasteiger partial charge < -0.3 is 19.8 Å². The van der Waals surface area contributed by atoms with E-state index >= 15 is 0 Å². The molecule has 134 valence electrons. The molecular formula is C17H27N3O4. The van der Waals surface area contributed by atoms with E-state index in [1.165, 1.54) is 0 Å². The van der Waals surface area contributed by atoms with Gasteiger partial charge in [0.1, 0.15) is 0 Å². The molecule has 0 aliphatic carbocycles. The minimum atomic E-state index is -0.818. The second-order valence-electron chi connectivity index (χ2n) is 7.22. The van der Waals surface area contributed by atoms with Crippen molar-refractivity contribution in [1.82, 2.24) is 14.7 Å². The molecule has 7 heteroatoms. The maximum Gasteiger partial charge on any atom is 0.320 e. The minimum absolute atomic E-state index is 0.0277. The number of carbonyl (C=O) groups excluding carboxylic acids is 2. The first-order valence-electron chi connectivity index (χ1n) is 9.11. The number of aliphatic carboxylic acids is 1. The molecule has 3 aliphatic rings. The molecule has 3 saturated heterocycles. The molecule has 24 heavy (non-hydrogen) atoms. The van der Waals surface area contributed by atoms with E-state index in [1.54, 1.807) is 4.90 Å². The number of carboxylic acids is 1. The summed E-state index contributed by atoms with van der Waals surface area (Å²) in [6, 6.07) is 0.0621. The number of piperidine rings is 2. The van der Waals surface area contributed by atoms with Crippen molar-refractivity contribution in [2.45, 2.75) is 38.5 Å². The van der Waals surface area contributed by atoms with Crippen molar-refractivity contribution in [3.63, 3.8) is 0 Å². The molecule has 3 aliphatic heterocycles. The number of likely N-dealkylation sites (tertiary alicyclic amines) is 3. The van der Waals surface area contributed by atoms with Crippen LogP contribution in [0.3, 0.4) is 0 Å². The molecule has 3 rings (SSSR count). The maximum atomic E-state index is 12.8. The van der Waals surface area contributed by atoms with E-state index in [0.29, 0.717) is 26.1 Å². The predicted molar refractivity (Wildman–Crippen MR) is 87.4 cm³/mol. The fraction of sp³-hybridized carbons (Fsp3) is 0.824. The molecule has 7 nitrogen and oxygen atoms in total. The third-order valence-corrected chi connectivity index (χ3v) is 5.50. The molecule has 2 atom stereocenters. The highest BCUT2D eigenvalue weighted by molar-refractivity contribution is 5.82. The van der Waals surface area contributed by atoms with Gasteiger partial charge in [0.05, 0.1) is 11.8 Å². The lowest BCUT2D eigenvalue weighted by Gasteiger charge is -2.38. The lowest BCUT2D eigenvalue weighted by Crippen LogP contribution is -2.52. The van der Waals surface area contributed by atoms with Crippen LogP contribution in [0.25, 0.3) is 0 Å². The van der Waals surface area contributed by atoms with E-state index < -0.39 is 11.9 Å². The van der Waals surface area contributed by atoms with Crippen molar-refractivity contribution in [2.75, 3.05) is 39.3 Å². The summed E-state index contributed by atoms with van der Waals surface area (Å²) in [4.78, 5) is 41.9. The van der Waals surface area contributed by atoms with Gasteiger partial charge in [-0.2, -0.15) is 0 Å². The van der Waals surface area contributed by atoms with Crippen molar-refractivity contribution in [3.8, 4) is 0 Å². The van der Waals surface area contributed by atoms with E-state index in [1.807, 2.05) is 9.80 Å². The quantitative estimate of drug-likeness (QED) is 0.822. The number of urea groups is 1. The van der Waals surface area contributed by atoms with E-state index in [2.05, 4.69) is 0 Å². The smallest absolute Gasteiger partial charge is 0.320 e. The van der Waals surface area contributed by atoms with Crippen molar-refractivity contribution in [1.29, 1.82) is 0 Å². The molecular weight excluding hydrogens is 310 g/mol. The maximum absolute atomic E-state index is 12.8. The van der Waals surface area contributed by atoms with E-state index in [0.717, 1.165) is 51.7 Å². The number of carboxylic acid groups (broad SMARTS) is 1. The van der Waals surface area contributed by atoms with Crippen LogP contribution in [-0.2, 0) is 9.59 Å². The zero-order valence-corrected chi connectivity index (χ0v) is 14.2. The van der Waals surface area contributed by atoms with Crippen molar-refractivity contribution in [3.05, 3.63) is 0 Å². The van der Waals surface area contributed by atoms with Gasteiger partial charge >= 0.3 is 12.0 Å². The van der Waals surface area contributed by atoms with Gasteiger partial charge in [0.15, 0.2) is 0 Å². The van der Waals surface area contributed by atoms with Crippen LogP contribution < -0.4 is 0 Å². The molecule has 1 unspecified atom stereocenters. The second-order valence-corrected chi connectivity index (χ2v) is 7.22. The summed E-state index contributed by atoms with van der Waals surface area (Å²) < 4.78 is 0. The first kappa shape index (κ1) is 17.0. The third-order valence-electron chi connectivity index (χ3n) is 5.50. The van der Waals surface area contributed by atoms with Crippen LogP contribution in [0.15, 0.2) is 0 Å². The van der Waals surface area contributed by atoms with Crippen LogP contribution in [0.2, 0.25) is 0 Å². The summed E-state index contributed by atoms with van der Waals surface area (Å²) in [5.74, 6) is -1.42. The average molecular weight is 337 g/mol. The van der Waals surface area contributed by atoms with Crippen molar-refractivity contribution < 1.29 is 19.5 Å². The molecule has 3 fully saturated rings. The summed E-state index contributed by atoms with van der Waals surface area (Å²) in [6.07, 6.45) is 5.14. The number of rotatable bonds is 2. The second kappa shape index (κ2) is 7.40. The Balaban J connectivity index is 1.58. The van der Waals surface area contributed by atoms with Crippen LogP contribution in [0.4, 0.5) is 4.79 Å². The molecule has 0 spiro atoms. The minimum Gasteiger partial charge on any atom is -0.481 e. The van der Waals surface area contributed by atoms with Crippen molar-refractivity contribution in [2.24, 2.45) is 11.8 Å². The van der Waals surface area contributed by atoms with Gasteiger partial charge in [0.25, 0.3) is 0 Å². The Morgan fingerprint density at radius 1 is 0.708 bits per heavy atom. The molecule has 3 amide bonds. The lowest BCUT2D eigenvalue weighted by atomic mass is 9.93. The summed E-state index contributed by atoms with van der Waals surface area (Å²) in [7, 11) is 0. The zero-order valence-electron chi connectivity index (χ0n) is 14.2. The highest BCUT2D eigenvalue weighted by Gasteiger charge is 2.36. The van der Waals surface area contributed by atoms with Gasteiger partial charge in [-0.05, 0) is 38.5 Å². The van der Waals surface area contributed by atoms with E-state index in [4.69, 9.17) is 0 Å². The van der Waals surface area contributed by atoms with Crippen molar-refractivity contribution >= 4 is 17.9 Å². The molecule has 0 aromatic rings. The Hall–Kier alpha value is -1.79. The Labute approximate surface area is 142 Å². The molecule has 0 aromatic heterocycles. The lowest BCUT2D eigenvalue weighted by molar-refractivity contribution is -0.147. The predicted octanol–water partition coefficient (Wildman–Crippen LogP) is 1.24. The Kier molecular flexibility index (Phi) is 5.26. The number of nitrogens with zero attached hydrogens (tertiary/aromatic N) is 3. The Morgan fingerprint density at radius 2 is 1.25 bits per heavy atom.